The number of hydrogen-bond donors (Lipinski definition) is 2. The summed E-state index contributed by atoms with van der Waals surface area (Å²) in [5.74, 6) is -3.33. The highest BCUT2D eigenvalue weighted by molar-refractivity contribution is 5.87. The predicted octanol–water partition coefficient (Wildman–Crippen LogP) is 1.89. The minimum absolute atomic E-state index is 0.0149. The van der Waals surface area contributed by atoms with Crippen LogP contribution < -0.4 is 5.32 Å². The van der Waals surface area contributed by atoms with Gasteiger partial charge in [0.05, 0.1) is 5.92 Å². The van der Waals surface area contributed by atoms with Gasteiger partial charge in [-0.2, -0.15) is 0 Å². The topological polar surface area (TPSA) is 102 Å². The van der Waals surface area contributed by atoms with Crippen LogP contribution in [0.4, 0.5) is 4.79 Å². The molecule has 1 amide bonds. The molecule has 1 unspecified atom stereocenters. The van der Waals surface area contributed by atoms with E-state index >= 15 is 0 Å². The third-order valence-corrected chi connectivity index (χ3v) is 2.41. The molecule has 0 aliphatic rings. The molecule has 0 aliphatic heterocycles. The molecule has 0 aromatic rings. The summed E-state index contributed by atoms with van der Waals surface area (Å²) < 4.78 is 9.87. The number of nitrogens with one attached hydrogen (secondary N) is 1. The molecule has 0 rings (SSSR count). The molecule has 0 aromatic carbocycles. The zero-order valence-corrected chi connectivity index (χ0v) is 13.1. The summed E-state index contributed by atoms with van der Waals surface area (Å²) in [4.78, 5) is 35.1. The van der Waals surface area contributed by atoms with Crippen LogP contribution in [-0.4, -0.2) is 41.4 Å². The van der Waals surface area contributed by atoms with Crippen molar-refractivity contribution in [2.45, 2.75) is 38.8 Å². The van der Waals surface area contributed by atoms with Crippen molar-refractivity contribution in [1.29, 1.82) is 0 Å². The van der Waals surface area contributed by atoms with Gasteiger partial charge >= 0.3 is 18.0 Å². The van der Waals surface area contributed by atoms with Crippen molar-refractivity contribution < 1.29 is 29.0 Å². The van der Waals surface area contributed by atoms with E-state index in [0.29, 0.717) is 0 Å². The van der Waals surface area contributed by atoms with Crippen molar-refractivity contribution in [3.05, 3.63) is 25.3 Å². The number of ether oxygens (including phenoxy) is 2. The third-order valence-electron chi connectivity index (χ3n) is 2.41. The number of carbonyl (C=O) groups is 3. The maximum Gasteiger partial charge on any atom is 0.408 e. The lowest BCUT2D eigenvalue weighted by Crippen LogP contribution is -2.50. The van der Waals surface area contributed by atoms with Crippen LogP contribution in [0.25, 0.3) is 0 Å². The molecule has 2 N–H and O–H groups in total. The summed E-state index contributed by atoms with van der Waals surface area (Å²) in [6, 6.07) is -1.38. The lowest BCUT2D eigenvalue weighted by Gasteiger charge is -2.25. The minimum Gasteiger partial charge on any atom is -0.481 e. The molecule has 0 aliphatic carbocycles. The number of esters is 1. The highest BCUT2D eigenvalue weighted by Gasteiger charge is 2.36. The van der Waals surface area contributed by atoms with Crippen LogP contribution in [0, 0.1) is 5.92 Å². The average Bonchev–Trinajstić information content (AvgIpc) is 2.37. The number of amides is 1. The van der Waals surface area contributed by atoms with Gasteiger partial charge in [0.15, 0.2) is 0 Å². The van der Waals surface area contributed by atoms with Crippen LogP contribution in [-0.2, 0) is 19.1 Å². The highest BCUT2D eigenvalue weighted by Crippen LogP contribution is 2.14. The van der Waals surface area contributed by atoms with Gasteiger partial charge in [0, 0.05) is 0 Å². The fourth-order valence-electron chi connectivity index (χ4n) is 1.55. The molecular formula is C15H23NO6. The van der Waals surface area contributed by atoms with Gasteiger partial charge in [0.1, 0.15) is 18.2 Å². The average molecular weight is 313 g/mol. The van der Waals surface area contributed by atoms with Gasteiger partial charge in [-0.25, -0.2) is 9.59 Å². The SMILES string of the molecule is C=CCOC(=O)C(NC(=O)OC(C)(C)C)[C@H](CC=C)C(=O)O. The summed E-state index contributed by atoms with van der Waals surface area (Å²) in [6.45, 7) is 11.7. The zero-order valence-electron chi connectivity index (χ0n) is 13.1. The second kappa shape index (κ2) is 8.86. The Morgan fingerprint density at radius 1 is 1.23 bits per heavy atom. The largest absolute Gasteiger partial charge is 0.481 e. The summed E-state index contributed by atoms with van der Waals surface area (Å²) in [6.07, 6.45) is 1.77. The normalized spacial score (nSPS) is 13.4. The van der Waals surface area contributed by atoms with Gasteiger partial charge in [-0.1, -0.05) is 18.7 Å². The predicted molar refractivity (Wildman–Crippen MR) is 80.3 cm³/mol. The van der Waals surface area contributed by atoms with Crippen molar-refractivity contribution in [3.8, 4) is 0 Å². The minimum atomic E-state index is -1.38. The summed E-state index contributed by atoms with van der Waals surface area (Å²) in [7, 11) is 0. The summed E-state index contributed by atoms with van der Waals surface area (Å²) in [5.41, 5.74) is -0.781. The van der Waals surface area contributed by atoms with Gasteiger partial charge in [-0.15, -0.1) is 6.58 Å². The Balaban J connectivity index is 5.17. The van der Waals surface area contributed by atoms with Crippen molar-refractivity contribution in [2.24, 2.45) is 5.92 Å². The Labute approximate surface area is 130 Å². The standard InChI is InChI=1S/C15H23NO6/c1-6-8-10(12(17)18)11(13(19)21-9-7-2)16-14(20)22-15(3,4)5/h6-7,10-11H,1-2,8-9H2,3-5H3,(H,16,20)(H,17,18)/t10-,11?/m0/s1. The second-order valence-corrected chi connectivity index (χ2v) is 5.51. The van der Waals surface area contributed by atoms with Gasteiger partial charge in [0.25, 0.3) is 0 Å². The Morgan fingerprint density at radius 2 is 1.82 bits per heavy atom. The maximum atomic E-state index is 12.0. The Hall–Kier alpha value is -2.31. The van der Waals surface area contributed by atoms with Crippen LogP contribution >= 0.6 is 0 Å². The van der Waals surface area contributed by atoms with Crippen molar-refractivity contribution in [1.82, 2.24) is 5.32 Å². The van der Waals surface area contributed by atoms with Gasteiger partial charge in [-0.3, -0.25) is 4.79 Å². The summed E-state index contributed by atoms with van der Waals surface area (Å²) >= 11 is 0. The molecule has 124 valence electrons. The molecule has 0 heterocycles. The number of carbonyl (C=O) groups excluding carboxylic acids is 2. The van der Waals surface area contributed by atoms with E-state index < -0.39 is 35.6 Å². The first-order valence-corrected chi connectivity index (χ1v) is 6.73. The molecular weight excluding hydrogens is 290 g/mol. The van der Waals surface area contributed by atoms with E-state index in [2.05, 4.69) is 18.5 Å². The van der Waals surface area contributed by atoms with Crippen LogP contribution in [0.3, 0.4) is 0 Å². The fourth-order valence-corrected chi connectivity index (χ4v) is 1.55. The van der Waals surface area contributed by atoms with E-state index in [1.807, 2.05) is 0 Å². The molecule has 0 saturated carbocycles. The van der Waals surface area contributed by atoms with E-state index in [-0.39, 0.29) is 13.0 Å². The van der Waals surface area contributed by atoms with E-state index in [1.165, 1.54) is 12.2 Å². The lowest BCUT2D eigenvalue weighted by atomic mass is 9.96. The van der Waals surface area contributed by atoms with E-state index in [4.69, 9.17) is 9.47 Å². The van der Waals surface area contributed by atoms with E-state index in [1.54, 1.807) is 20.8 Å². The Kier molecular flexibility index (Phi) is 7.93. The fraction of sp³-hybridized carbons (Fsp3) is 0.533. The first-order valence-electron chi connectivity index (χ1n) is 6.73. The van der Waals surface area contributed by atoms with Crippen LogP contribution in [0.2, 0.25) is 0 Å². The van der Waals surface area contributed by atoms with Crippen molar-refractivity contribution in [3.63, 3.8) is 0 Å². The van der Waals surface area contributed by atoms with Crippen LogP contribution in [0.5, 0.6) is 0 Å². The number of hydrogen-bond acceptors (Lipinski definition) is 5. The third kappa shape index (κ3) is 7.47. The monoisotopic (exact) mass is 313 g/mol. The number of carboxylic acids is 1. The lowest BCUT2D eigenvalue weighted by molar-refractivity contribution is -0.153. The molecule has 2 atom stereocenters. The maximum absolute atomic E-state index is 12.0. The smallest absolute Gasteiger partial charge is 0.408 e. The molecule has 0 saturated heterocycles. The van der Waals surface area contributed by atoms with E-state index in [9.17, 15) is 19.5 Å². The number of allylic oxidation sites excluding steroid dienone is 1. The Morgan fingerprint density at radius 3 is 2.23 bits per heavy atom. The second-order valence-electron chi connectivity index (χ2n) is 5.51. The number of rotatable bonds is 8. The molecule has 0 aromatic heterocycles. The first kappa shape index (κ1) is 19.7. The molecule has 0 spiro atoms. The van der Waals surface area contributed by atoms with Crippen LogP contribution in [0.15, 0.2) is 25.3 Å². The van der Waals surface area contributed by atoms with Crippen molar-refractivity contribution in [2.75, 3.05) is 6.61 Å². The number of aliphatic carboxylic acids is 1. The molecule has 7 heteroatoms. The number of carboxylic acid groups (broad SMARTS) is 1. The molecule has 7 nitrogen and oxygen atoms in total. The highest BCUT2D eigenvalue weighted by atomic mass is 16.6. The summed E-state index contributed by atoms with van der Waals surface area (Å²) in [5, 5.41) is 11.5. The Bertz CT molecular complexity index is 438. The van der Waals surface area contributed by atoms with Gasteiger partial charge < -0.3 is 19.9 Å². The molecule has 0 radical (unpaired) electrons. The molecule has 22 heavy (non-hydrogen) atoms. The zero-order chi connectivity index (χ0) is 17.3. The number of alkyl carbamates (subject to hydrolysis) is 1. The molecule has 0 fully saturated rings. The van der Waals surface area contributed by atoms with Crippen molar-refractivity contribution >= 4 is 18.0 Å². The first-order chi connectivity index (χ1) is 10.1. The molecule has 0 bridgehead atoms. The van der Waals surface area contributed by atoms with Gasteiger partial charge in [-0.05, 0) is 27.2 Å². The van der Waals surface area contributed by atoms with E-state index in [0.717, 1.165) is 0 Å². The van der Waals surface area contributed by atoms with Gasteiger partial charge in [0.2, 0.25) is 0 Å². The quantitative estimate of drug-likeness (QED) is 0.524. The van der Waals surface area contributed by atoms with Crippen LogP contribution in [0.1, 0.15) is 27.2 Å².